The number of hydrogen-bond acceptors (Lipinski definition) is 5. The maximum absolute atomic E-state index is 14.0. The van der Waals surface area contributed by atoms with Crippen LogP contribution in [0.1, 0.15) is 0 Å². The minimum atomic E-state index is -0.466. The zero-order valence-electron chi connectivity index (χ0n) is 14.3. The monoisotopic (exact) mass is 380 g/mol. The highest BCUT2D eigenvalue weighted by atomic mass is 35.5. The number of ether oxygens (including phenoxy) is 1. The number of aromatic nitrogens is 3. The highest BCUT2D eigenvalue weighted by Gasteiger charge is 2.12. The van der Waals surface area contributed by atoms with Crippen LogP contribution in [0.15, 0.2) is 60.9 Å². The van der Waals surface area contributed by atoms with Crippen LogP contribution in [0.5, 0.6) is 5.75 Å². The number of nitrogens with zero attached hydrogens (tertiary/aromatic N) is 3. The van der Waals surface area contributed by atoms with Gasteiger partial charge in [-0.25, -0.2) is 14.4 Å². The average Bonchev–Trinajstić information content (AvgIpc) is 2.69. The smallest absolute Gasteiger partial charge is 0.167 e. The third-order valence-corrected chi connectivity index (χ3v) is 4.23. The lowest BCUT2D eigenvalue weighted by Gasteiger charge is -2.12. The van der Waals surface area contributed by atoms with E-state index in [1.165, 1.54) is 13.2 Å². The van der Waals surface area contributed by atoms with Gasteiger partial charge >= 0.3 is 0 Å². The molecule has 2 aromatic heterocycles. The summed E-state index contributed by atoms with van der Waals surface area (Å²) in [6.45, 7) is 0. The lowest BCUT2D eigenvalue weighted by molar-refractivity contribution is 0.386. The van der Waals surface area contributed by atoms with Gasteiger partial charge in [-0.2, -0.15) is 0 Å². The number of halogens is 2. The van der Waals surface area contributed by atoms with Gasteiger partial charge in [0.2, 0.25) is 0 Å². The van der Waals surface area contributed by atoms with Crippen molar-refractivity contribution in [2.75, 3.05) is 12.4 Å². The Hall–Kier alpha value is -3.25. The lowest BCUT2D eigenvalue weighted by atomic mass is 10.2. The summed E-state index contributed by atoms with van der Waals surface area (Å²) >= 11 is 6.15. The number of anilines is 2. The molecule has 1 N–H and O–H groups in total. The highest BCUT2D eigenvalue weighted by molar-refractivity contribution is 6.31. The number of pyridine rings is 1. The van der Waals surface area contributed by atoms with E-state index in [9.17, 15) is 4.39 Å². The van der Waals surface area contributed by atoms with Gasteiger partial charge in [-0.1, -0.05) is 11.6 Å². The third-order valence-electron chi connectivity index (χ3n) is 3.99. The van der Waals surface area contributed by atoms with Crippen LogP contribution >= 0.6 is 11.6 Å². The average molecular weight is 381 g/mol. The topological polar surface area (TPSA) is 59.9 Å². The van der Waals surface area contributed by atoms with E-state index in [1.807, 2.05) is 18.2 Å². The molecule has 0 radical (unpaired) electrons. The molecule has 0 atom stereocenters. The van der Waals surface area contributed by atoms with Gasteiger partial charge in [0.1, 0.15) is 5.82 Å². The van der Waals surface area contributed by atoms with E-state index in [4.69, 9.17) is 16.3 Å². The minimum Gasteiger partial charge on any atom is -0.494 e. The lowest BCUT2D eigenvalue weighted by Crippen LogP contribution is -2.00. The third kappa shape index (κ3) is 3.52. The molecule has 0 aliphatic rings. The molecule has 0 fully saturated rings. The fourth-order valence-electron chi connectivity index (χ4n) is 2.70. The van der Waals surface area contributed by atoms with Crippen molar-refractivity contribution in [2.45, 2.75) is 0 Å². The van der Waals surface area contributed by atoms with Crippen LogP contribution in [0.3, 0.4) is 0 Å². The number of benzene rings is 2. The maximum Gasteiger partial charge on any atom is 0.167 e. The molecule has 0 saturated carbocycles. The summed E-state index contributed by atoms with van der Waals surface area (Å²) in [5.74, 6) is 0.735. The molecule has 2 aromatic carbocycles. The summed E-state index contributed by atoms with van der Waals surface area (Å²) in [6.07, 6.45) is 3.37. The molecule has 0 aliphatic heterocycles. The van der Waals surface area contributed by atoms with Gasteiger partial charge in [0.05, 0.1) is 12.6 Å². The molecule has 0 spiro atoms. The number of rotatable bonds is 4. The number of hydrogen-bond donors (Lipinski definition) is 1. The number of methoxy groups -OCH3 is 1. The molecule has 7 heteroatoms. The van der Waals surface area contributed by atoms with E-state index < -0.39 is 5.82 Å². The molecule has 4 aromatic rings. The van der Waals surface area contributed by atoms with Crippen molar-refractivity contribution >= 4 is 34.0 Å². The summed E-state index contributed by atoms with van der Waals surface area (Å²) in [7, 11) is 1.42. The van der Waals surface area contributed by atoms with Crippen LogP contribution in [-0.2, 0) is 0 Å². The van der Waals surface area contributed by atoms with Gasteiger partial charge in [0.15, 0.2) is 17.4 Å². The minimum absolute atomic E-state index is 0.173. The fraction of sp³-hybridized carbons (Fsp3) is 0.0500. The van der Waals surface area contributed by atoms with Gasteiger partial charge in [0.25, 0.3) is 0 Å². The number of fused-ring (bicyclic) bond motifs is 1. The van der Waals surface area contributed by atoms with Crippen LogP contribution in [-0.4, -0.2) is 22.1 Å². The molecule has 134 valence electrons. The standard InChI is InChI=1S/C20H14ClFN4O/c1-27-18-7-5-14(10-16(18)22)24-20-15-9-13(21)4-6-17(15)25-19(26-20)12-3-2-8-23-11-12/h2-11H,1H3,(H,24,25,26). The van der Waals surface area contributed by atoms with E-state index in [0.717, 1.165) is 10.9 Å². The maximum atomic E-state index is 14.0. The van der Waals surface area contributed by atoms with Crippen LogP contribution in [0.4, 0.5) is 15.9 Å². The van der Waals surface area contributed by atoms with E-state index in [2.05, 4.69) is 20.3 Å². The van der Waals surface area contributed by atoms with E-state index in [-0.39, 0.29) is 5.75 Å². The Morgan fingerprint density at radius 3 is 2.70 bits per heavy atom. The second-order valence-electron chi connectivity index (χ2n) is 5.77. The summed E-state index contributed by atoms with van der Waals surface area (Å²) in [5, 5.41) is 4.44. The van der Waals surface area contributed by atoms with Crippen LogP contribution in [0.25, 0.3) is 22.3 Å². The Balaban J connectivity index is 1.84. The molecule has 2 heterocycles. The molecule has 0 saturated heterocycles. The molecule has 0 unspecified atom stereocenters. The van der Waals surface area contributed by atoms with Crippen LogP contribution < -0.4 is 10.1 Å². The second kappa shape index (κ2) is 7.17. The van der Waals surface area contributed by atoms with Crippen molar-refractivity contribution in [1.82, 2.24) is 15.0 Å². The Morgan fingerprint density at radius 1 is 1.07 bits per heavy atom. The Labute approximate surface area is 159 Å². The van der Waals surface area contributed by atoms with Gasteiger partial charge < -0.3 is 10.1 Å². The van der Waals surface area contributed by atoms with E-state index in [0.29, 0.717) is 27.9 Å². The normalized spacial score (nSPS) is 10.8. The fourth-order valence-corrected chi connectivity index (χ4v) is 2.87. The quantitative estimate of drug-likeness (QED) is 0.525. The predicted octanol–water partition coefficient (Wildman–Crippen LogP) is 5.24. The highest BCUT2D eigenvalue weighted by Crippen LogP contribution is 2.30. The molecule has 0 aliphatic carbocycles. The first kappa shape index (κ1) is 17.2. The Kier molecular flexibility index (Phi) is 4.56. The first-order chi connectivity index (χ1) is 13.1. The molecule has 27 heavy (non-hydrogen) atoms. The van der Waals surface area contributed by atoms with Gasteiger partial charge in [0, 0.05) is 40.1 Å². The van der Waals surface area contributed by atoms with Crippen molar-refractivity contribution in [2.24, 2.45) is 0 Å². The Morgan fingerprint density at radius 2 is 1.96 bits per heavy atom. The van der Waals surface area contributed by atoms with Crippen molar-refractivity contribution in [3.8, 4) is 17.1 Å². The second-order valence-corrected chi connectivity index (χ2v) is 6.21. The van der Waals surface area contributed by atoms with Gasteiger partial charge in [-0.3, -0.25) is 4.98 Å². The van der Waals surface area contributed by atoms with Crippen molar-refractivity contribution in [3.05, 3.63) is 71.8 Å². The molecule has 0 amide bonds. The summed E-state index contributed by atoms with van der Waals surface area (Å²) < 4.78 is 19.0. The van der Waals surface area contributed by atoms with Crippen molar-refractivity contribution in [1.29, 1.82) is 0 Å². The Bertz CT molecular complexity index is 1120. The summed E-state index contributed by atoms with van der Waals surface area (Å²) in [5.41, 5.74) is 2.02. The number of nitrogens with one attached hydrogen (secondary N) is 1. The first-order valence-electron chi connectivity index (χ1n) is 8.12. The van der Waals surface area contributed by atoms with E-state index >= 15 is 0 Å². The molecule has 4 rings (SSSR count). The van der Waals surface area contributed by atoms with Crippen molar-refractivity contribution in [3.63, 3.8) is 0 Å². The molecular formula is C20H14ClFN4O. The largest absolute Gasteiger partial charge is 0.494 e. The molecule has 0 bridgehead atoms. The summed E-state index contributed by atoms with van der Waals surface area (Å²) in [4.78, 5) is 13.3. The first-order valence-corrected chi connectivity index (χ1v) is 8.50. The summed E-state index contributed by atoms with van der Waals surface area (Å²) in [6, 6.07) is 13.7. The molecular weight excluding hydrogens is 367 g/mol. The van der Waals surface area contributed by atoms with E-state index in [1.54, 1.807) is 36.7 Å². The zero-order chi connectivity index (χ0) is 18.8. The van der Waals surface area contributed by atoms with Gasteiger partial charge in [-0.15, -0.1) is 0 Å². The van der Waals surface area contributed by atoms with Gasteiger partial charge in [-0.05, 0) is 42.5 Å². The van der Waals surface area contributed by atoms with Crippen molar-refractivity contribution < 1.29 is 9.13 Å². The molecule has 5 nitrogen and oxygen atoms in total. The van der Waals surface area contributed by atoms with Crippen LogP contribution in [0, 0.1) is 5.82 Å². The predicted molar refractivity (Wildman–Crippen MR) is 104 cm³/mol. The van der Waals surface area contributed by atoms with Crippen LogP contribution in [0.2, 0.25) is 5.02 Å². The zero-order valence-corrected chi connectivity index (χ0v) is 15.0. The SMILES string of the molecule is COc1ccc(Nc2nc(-c3cccnc3)nc3ccc(Cl)cc23)cc1F.